The van der Waals surface area contributed by atoms with Gasteiger partial charge in [-0.1, -0.05) is 6.07 Å². The van der Waals surface area contributed by atoms with Gasteiger partial charge in [-0.15, -0.1) is 0 Å². The number of esters is 1. The molecule has 1 aromatic rings. The van der Waals surface area contributed by atoms with Crippen molar-refractivity contribution in [2.24, 2.45) is 5.92 Å². The number of carbonyl (C=O) groups is 1. The largest absolute Gasteiger partial charge is 0.465 e. The minimum absolute atomic E-state index is 0.264. The van der Waals surface area contributed by atoms with Crippen LogP contribution in [-0.2, 0) is 11.2 Å². The first-order chi connectivity index (χ1) is 8.70. The van der Waals surface area contributed by atoms with Crippen molar-refractivity contribution in [3.8, 4) is 0 Å². The summed E-state index contributed by atoms with van der Waals surface area (Å²) in [7, 11) is 1.29. The van der Waals surface area contributed by atoms with Gasteiger partial charge in [-0.05, 0) is 56.0 Å². The van der Waals surface area contributed by atoms with Gasteiger partial charge >= 0.3 is 5.97 Å². The predicted molar refractivity (Wildman–Crippen MR) is 67.0 cm³/mol. The third-order valence-corrected chi connectivity index (χ3v) is 3.38. The molecule has 3 nitrogen and oxygen atoms in total. The van der Waals surface area contributed by atoms with E-state index in [9.17, 15) is 9.18 Å². The molecule has 0 radical (unpaired) electrons. The van der Waals surface area contributed by atoms with E-state index in [2.05, 4.69) is 10.1 Å². The zero-order valence-electron chi connectivity index (χ0n) is 10.5. The number of hydrogen-bond acceptors (Lipinski definition) is 3. The standard InChI is InChI=1S/C14H18FNO2/c1-18-14(17)12-5-4-11(13(15)8-12)7-10-3-2-6-16-9-10/h4-5,8,10,16H,2-3,6-7,9H2,1H3. The summed E-state index contributed by atoms with van der Waals surface area (Å²) in [6.45, 7) is 2.00. The predicted octanol–water partition coefficient (Wildman–Crippen LogP) is 2.15. The average molecular weight is 251 g/mol. The van der Waals surface area contributed by atoms with Crippen LogP contribution in [0.2, 0.25) is 0 Å². The second-order valence-electron chi connectivity index (χ2n) is 4.71. The lowest BCUT2D eigenvalue weighted by Gasteiger charge is -2.22. The molecule has 1 aromatic carbocycles. The highest BCUT2D eigenvalue weighted by Gasteiger charge is 2.16. The van der Waals surface area contributed by atoms with Gasteiger partial charge in [0.25, 0.3) is 0 Å². The van der Waals surface area contributed by atoms with Gasteiger partial charge in [0.05, 0.1) is 12.7 Å². The van der Waals surface area contributed by atoms with E-state index in [0.717, 1.165) is 32.4 Å². The summed E-state index contributed by atoms with van der Waals surface area (Å²) in [6.07, 6.45) is 3.00. The topological polar surface area (TPSA) is 38.3 Å². The molecule has 1 N–H and O–H groups in total. The van der Waals surface area contributed by atoms with Crippen LogP contribution in [0.3, 0.4) is 0 Å². The van der Waals surface area contributed by atoms with Crippen LogP contribution >= 0.6 is 0 Å². The molecule has 1 saturated heterocycles. The summed E-state index contributed by atoms with van der Waals surface area (Å²) in [5, 5.41) is 3.32. The van der Waals surface area contributed by atoms with Gasteiger partial charge < -0.3 is 10.1 Å². The molecule has 0 aliphatic carbocycles. The first kappa shape index (κ1) is 13.0. The highest BCUT2D eigenvalue weighted by molar-refractivity contribution is 5.89. The minimum atomic E-state index is -0.500. The fraction of sp³-hybridized carbons (Fsp3) is 0.500. The first-order valence-corrected chi connectivity index (χ1v) is 6.28. The lowest BCUT2D eigenvalue weighted by molar-refractivity contribution is 0.0600. The van der Waals surface area contributed by atoms with Crippen LogP contribution in [0.15, 0.2) is 18.2 Å². The van der Waals surface area contributed by atoms with E-state index in [1.165, 1.54) is 13.2 Å². The molecular formula is C14H18FNO2. The number of methoxy groups -OCH3 is 1. The first-order valence-electron chi connectivity index (χ1n) is 6.28. The highest BCUT2D eigenvalue weighted by Crippen LogP contribution is 2.19. The summed E-state index contributed by atoms with van der Waals surface area (Å²) in [4.78, 5) is 11.3. The molecule has 1 heterocycles. The lowest BCUT2D eigenvalue weighted by Crippen LogP contribution is -2.31. The van der Waals surface area contributed by atoms with Gasteiger partial charge in [0.2, 0.25) is 0 Å². The third kappa shape index (κ3) is 3.07. The molecule has 1 aliphatic heterocycles. The van der Waals surface area contributed by atoms with E-state index in [-0.39, 0.29) is 11.4 Å². The Balaban J connectivity index is 2.07. The van der Waals surface area contributed by atoms with E-state index < -0.39 is 5.97 Å². The summed E-state index contributed by atoms with van der Waals surface area (Å²) in [5.74, 6) is -0.333. The van der Waals surface area contributed by atoms with Gasteiger partial charge in [0, 0.05) is 0 Å². The normalized spacial score (nSPS) is 19.6. The molecule has 18 heavy (non-hydrogen) atoms. The number of halogens is 1. The Morgan fingerprint density at radius 2 is 2.39 bits per heavy atom. The van der Waals surface area contributed by atoms with Crippen LogP contribution in [0.1, 0.15) is 28.8 Å². The van der Waals surface area contributed by atoms with Gasteiger partial charge in [-0.25, -0.2) is 9.18 Å². The Labute approximate surface area is 106 Å². The molecule has 0 spiro atoms. The number of piperidine rings is 1. The SMILES string of the molecule is COC(=O)c1ccc(CC2CCCNC2)c(F)c1. The maximum Gasteiger partial charge on any atom is 0.337 e. The van der Waals surface area contributed by atoms with Crippen LogP contribution in [0, 0.1) is 11.7 Å². The van der Waals surface area contributed by atoms with Crippen LogP contribution in [0.5, 0.6) is 0 Å². The lowest BCUT2D eigenvalue weighted by atomic mass is 9.92. The smallest absolute Gasteiger partial charge is 0.337 e. The van der Waals surface area contributed by atoms with Gasteiger partial charge in [-0.2, -0.15) is 0 Å². The second-order valence-corrected chi connectivity index (χ2v) is 4.71. The molecule has 0 bridgehead atoms. The summed E-state index contributed by atoms with van der Waals surface area (Å²) >= 11 is 0. The number of rotatable bonds is 3. The highest BCUT2D eigenvalue weighted by atomic mass is 19.1. The fourth-order valence-electron chi connectivity index (χ4n) is 2.37. The van der Waals surface area contributed by atoms with Crippen LogP contribution < -0.4 is 5.32 Å². The van der Waals surface area contributed by atoms with E-state index in [0.29, 0.717) is 11.5 Å². The van der Waals surface area contributed by atoms with Crippen molar-refractivity contribution in [3.63, 3.8) is 0 Å². The van der Waals surface area contributed by atoms with Crippen molar-refractivity contribution in [1.29, 1.82) is 0 Å². The molecule has 0 aromatic heterocycles. The van der Waals surface area contributed by atoms with Crippen molar-refractivity contribution < 1.29 is 13.9 Å². The van der Waals surface area contributed by atoms with Crippen molar-refractivity contribution in [2.45, 2.75) is 19.3 Å². The monoisotopic (exact) mass is 251 g/mol. The molecule has 1 atom stereocenters. The number of carbonyl (C=O) groups excluding carboxylic acids is 1. The number of ether oxygens (including phenoxy) is 1. The Kier molecular flexibility index (Phi) is 4.31. The van der Waals surface area contributed by atoms with Crippen LogP contribution in [0.25, 0.3) is 0 Å². The van der Waals surface area contributed by atoms with Crippen LogP contribution in [-0.4, -0.2) is 26.2 Å². The molecule has 98 valence electrons. The van der Waals surface area contributed by atoms with Crippen molar-refractivity contribution >= 4 is 5.97 Å². The molecular weight excluding hydrogens is 233 g/mol. The quantitative estimate of drug-likeness (QED) is 0.837. The summed E-state index contributed by atoms with van der Waals surface area (Å²) < 4.78 is 18.4. The Morgan fingerprint density at radius 3 is 3.00 bits per heavy atom. The molecule has 0 saturated carbocycles. The fourth-order valence-corrected chi connectivity index (χ4v) is 2.37. The van der Waals surface area contributed by atoms with Gasteiger partial charge in [0.1, 0.15) is 5.82 Å². The van der Waals surface area contributed by atoms with Crippen LogP contribution in [0.4, 0.5) is 4.39 Å². The zero-order chi connectivity index (χ0) is 13.0. The summed E-state index contributed by atoms with van der Waals surface area (Å²) in [6, 6.07) is 4.58. The summed E-state index contributed by atoms with van der Waals surface area (Å²) in [5.41, 5.74) is 0.942. The molecule has 4 heteroatoms. The number of benzene rings is 1. The van der Waals surface area contributed by atoms with Crippen molar-refractivity contribution in [3.05, 3.63) is 35.1 Å². The Hall–Kier alpha value is -1.42. The van der Waals surface area contributed by atoms with Crippen molar-refractivity contribution in [1.82, 2.24) is 5.32 Å². The van der Waals surface area contributed by atoms with E-state index in [1.54, 1.807) is 12.1 Å². The Morgan fingerprint density at radius 1 is 1.56 bits per heavy atom. The molecule has 0 amide bonds. The maximum atomic E-state index is 13.9. The third-order valence-electron chi connectivity index (χ3n) is 3.38. The maximum absolute atomic E-state index is 13.9. The van der Waals surface area contributed by atoms with Crippen molar-refractivity contribution in [2.75, 3.05) is 20.2 Å². The molecule has 1 unspecified atom stereocenters. The molecule has 2 rings (SSSR count). The number of hydrogen-bond donors (Lipinski definition) is 1. The second kappa shape index (κ2) is 5.96. The molecule has 1 fully saturated rings. The zero-order valence-corrected chi connectivity index (χ0v) is 10.5. The van der Waals surface area contributed by atoms with E-state index in [4.69, 9.17) is 0 Å². The minimum Gasteiger partial charge on any atom is -0.465 e. The Bertz CT molecular complexity index is 428. The van der Waals surface area contributed by atoms with E-state index in [1.807, 2.05) is 0 Å². The van der Waals surface area contributed by atoms with E-state index >= 15 is 0 Å². The number of nitrogens with one attached hydrogen (secondary N) is 1. The molecule has 1 aliphatic rings. The average Bonchev–Trinajstić information content (AvgIpc) is 2.41. The van der Waals surface area contributed by atoms with Gasteiger partial charge in [0.15, 0.2) is 0 Å². The van der Waals surface area contributed by atoms with Gasteiger partial charge in [-0.3, -0.25) is 0 Å².